The van der Waals surface area contributed by atoms with E-state index in [9.17, 15) is 4.79 Å². The Bertz CT molecular complexity index is 405. The average molecular weight is 253 g/mol. The maximum atomic E-state index is 11.1. The summed E-state index contributed by atoms with van der Waals surface area (Å²) in [5.74, 6) is 0.169. The van der Waals surface area contributed by atoms with Gasteiger partial charge in [0.2, 0.25) is 0 Å². The van der Waals surface area contributed by atoms with E-state index in [-0.39, 0.29) is 6.04 Å². The van der Waals surface area contributed by atoms with Gasteiger partial charge in [0.1, 0.15) is 11.9 Å². The molecule has 1 aliphatic rings. The van der Waals surface area contributed by atoms with Gasteiger partial charge in [0.25, 0.3) is 0 Å². The third-order valence-corrected chi connectivity index (χ3v) is 3.33. The third kappa shape index (κ3) is 2.88. The van der Waals surface area contributed by atoms with E-state index < -0.39 is 5.97 Å². The van der Waals surface area contributed by atoms with Crippen LogP contribution in [0.15, 0.2) is 12.4 Å². The number of hydrogen-bond donors (Lipinski definition) is 1. The van der Waals surface area contributed by atoms with Crippen molar-refractivity contribution < 1.29 is 14.6 Å². The number of hydrogen-bond acceptors (Lipinski definition) is 4. The molecule has 0 aliphatic carbocycles. The number of ether oxygens (including phenoxy) is 1. The highest BCUT2D eigenvalue weighted by Gasteiger charge is 2.31. The van der Waals surface area contributed by atoms with Gasteiger partial charge in [-0.25, -0.2) is 4.98 Å². The van der Waals surface area contributed by atoms with Gasteiger partial charge in [-0.15, -0.1) is 0 Å². The van der Waals surface area contributed by atoms with Gasteiger partial charge in [-0.1, -0.05) is 0 Å². The van der Waals surface area contributed by atoms with E-state index >= 15 is 0 Å². The van der Waals surface area contributed by atoms with Crippen LogP contribution in [-0.2, 0) is 22.6 Å². The number of carboxylic acids is 1. The maximum absolute atomic E-state index is 11.1. The number of aromatic nitrogens is 2. The smallest absolute Gasteiger partial charge is 0.320 e. The van der Waals surface area contributed by atoms with Crippen molar-refractivity contribution in [1.29, 1.82) is 0 Å². The summed E-state index contributed by atoms with van der Waals surface area (Å²) in [6.45, 7) is 2.80. The first-order chi connectivity index (χ1) is 8.72. The van der Waals surface area contributed by atoms with E-state index in [0.717, 1.165) is 31.8 Å². The van der Waals surface area contributed by atoms with Crippen LogP contribution in [0.4, 0.5) is 0 Å². The van der Waals surface area contributed by atoms with Crippen molar-refractivity contribution in [2.24, 2.45) is 0 Å². The normalized spacial score (nSPS) is 20.4. The van der Waals surface area contributed by atoms with Gasteiger partial charge in [0, 0.05) is 26.0 Å². The molecule has 0 unspecified atom stereocenters. The van der Waals surface area contributed by atoms with E-state index in [0.29, 0.717) is 13.2 Å². The van der Waals surface area contributed by atoms with Crippen LogP contribution in [0.5, 0.6) is 0 Å². The summed E-state index contributed by atoms with van der Waals surface area (Å²) in [6.07, 6.45) is 5.32. The number of aliphatic carboxylic acids is 1. The molecule has 1 aromatic rings. The highest BCUT2D eigenvalue weighted by Crippen LogP contribution is 2.19. The lowest BCUT2D eigenvalue weighted by Crippen LogP contribution is -2.36. The summed E-state index contributed by atoms with van der Waals surface area (Å²) < 4.78 is 7.06. The monoisotopic (exact) mass is 253 g/mol. The fraction of sp³-hybridized carbons (Fsp3) is 0.667. The third-order valence-electron chi connectivity index (χ3n) is 3.33. The molecule has 1 N–H and O–H groups in total. The number of likely N-dealkylation sites (tertiary alicyclic amines) is 1. The van der Waals surface area contributed by atoms with Crippen LogP contribution >= 0.6 is 0 Å². The molecule has 1 atom stereocenters. The molecule has 2 heterocycles. The van der Waals surface area contributed by atoms with Crippen molar-refractivity contribution in [1.82, 2.24) is 14.5 Å². The van der Waals surface area contributed by atoms with Crippen LogP contribution in [0.3, 0.4) is 0 Å². The molecule has 0 spiro atoms. The molecule has 1 saturated heterocycles. The number of carbonyl (C=O) groups is 1. The minimum Gasteiger partial charge on any atom is -0.480 e. The summed E-state index contributed by atoms with van der Waals surface area (Å²) in [5, 5.41) is 9.13. The molecule has 0 aromatic carbocycles. The lowest BCUT2D eigenvalue weighted by Gasteiger charge is -2.21. The van der Waals surface area contributed by atoms with Crippen LogP contribution in [0, 0.1) is 0 Å². The van der Waals surface area contributed by atoms with Crippen LogP contribution < -0.4 is 0 Å². The first-order valence-corrected chi connectivity index (χ1v) is 6.18. The molecule has 0 amide bonds. The molecule has 18 heavy (non-hydrogen) atoms. The fourth-order valence-corrected chi connectivity index (χ4v) is 2.36. The molecule has 0 bridgehead atoms. The zero-order chi connectivity index (χ0) is 13.0. The highest BCUT2D eigenvalue weighted by molar-refractivity contribution is 5.73. The quantitative estimate of drug-likeness (QED) is 0.803. The maximum Gasteiger partial charge on any atom is 0.320 e. The molecule has 1 fully saturated rings. The predicted molar refractivity (Wildman–Crippen MR) is 65.2 cm³/mol. The van der Waals surface area contributed by atoms with E-state index in [1.807, 2.05) is 15.7 Å². The number of nitrogens with zero attached hydrogens (tertiary/aromatic N) is 3. The molecule has 1 aliphatic heterocycles. The lowest BCUT2D eigenvalue weighted by atomic mass is 10.2. The molecular weight excluding hydrogens is 234 g/mol. The van der Waals surface area contributed by atoms with Crippen LogP contribution in [0.1, 0.15) is 18.7 Å². The Labute approximate surface area is 106 Å². The Morgan fingerprint density at radius 1 is 1.67 bits per heavy atom. The summed E-state index contributed by atoms with van der Waals surface area (Å²) >= 11 is 0. The Kier molecular flexibility index (Phi) is 4.33. The predicted octanol–water partition coefficient (Wildman–Crippen LogP) is 0.579. The Hall–Kier alpha value is -1.40. The van der Waals surface area contributed by atoms with Crippen molar-refractivity contribution in [2.45, 2.75) is 32.0 Å². The van der Waals surface area contributed by atoms with Crippen molar-refractivity contribution in [3.63, 3.8) is 0 Å². The first kappa shape index (κ1) is 13.0. The van der Waals surface area contributed by atoms with Gasteiger partial charge in [0.15, 0.2) is 0 Å². The second-order valence-corrected chi connectivity index (χ2v) is 4.50. The van der Waals surface area contributed by atoms with E-state index in [1.165, 1.54) is 0 Å². The first-order valence-electron chi connectivity index (χ1n) is 6.18. The minimum absolute atomic E-state index is 0.363. The molecule has 100 valence electrons. The van der Waals surface area contributed by atoms with Gasteiger partial charge in [0.05, 0.1) is 13.2 Å². The number of rotatable bonds is 6. The van der Waals surface area contributed by atoms with Crippen molar-refractivity contribution in [3.8, 4) is 0 Å². The van der Waals surface area contributed by atoms with E-state index in [2.05, 4.69) is 4.98 Å². The molecule has 2 rings (SSSR count). The largest absolute Gasteiger partial charge is 0.480 e. The molecular formula is C12H19N3O3. The molecule has 6 heteroatoms. The van der Waals surface area contributed by atoms with Gasteiger partial charge in [-0.05, 0) is 19.4 Å². The van der Waals surface area contributed by atoms with Crippen molar-refractivity contribution in [2.75, 3.05) is 20.3 Å². The standard InChI is InChI=1S/C12H19N3O3/c1-18-8-7-14-6-4-13-11(14)9-15-5-2-3-10(15)12(16)17/h4,6,10H,2-3,5,7-9H2,1H3,(H,16,17)/t10-/m0/s1. The highest BCUT2D eigenvalue weighted by atomic mass is 16.5. The van der Waals surface area contributed by atoms with Crippen LogP contribution in [0.25, 0.3) is 0 Å². The van der Waals surface area contributed by atoms with Gasteiger partial charge in [-0.3, -0.25) is 9.69 Å². The van der Waals surface area contributed by atoms with Crippen LogP contribution in [0.2, 0.25) is 0 Å². The number of methoxy groups -OCH3 is 1. The van der Waals surface area contributed by atoms with Crippen LogP contribution in [-0.4, -0.2) is 51.8 Å². The molecule has 6 nitrogen and oxygen atoms in total. The zero-order valence-electron chi connectivity index (χ0n) is 10.6. The van der Waals surface area contributed by atoms with E-state index in [4.69, 9.17) is 9.84 Å². The summed E-state index contributed by atoms with van der Waals surface area (Å²) in [6, 6.07) is -0.363. The SMILES string of the molecule is COCCn1ccnc1CN1CCC[C@H]1C(=O)O. The average Bonchev–Trinajstić information content (AvgIpc) is 2.96. The Balaban J connectivity index is 2.00. The molecule has 0 saturated carbocycles. The van der Waals surface area contributed by atoms with E-state index in [1.54, 1.807) is 13.3 Å². The Morgan fingerprint density at radius 3 is 3.22 bits per heavy atom. The molecule has 0 radical (unpaired) electrons. The van der Waals surface area contributed by atoms with Gasteiger partial charge < -0.3 is 14.4 Å². The Morgan fingerprint density at radius 2 is 2.50 bits per heavy atom. The second kappa shape index (κ2) is 5.97. The number of carboxylic acid groups (broad SMARTS) is 1. The van der Waals surface area contributed by atoms with Gasteiger partial charge in [-0.2, -0.15) is 0 Å². The van der Waals surface area contributed by atoms with Gasteiger partial charge >= 0.3 is 5.97 Å². The minimum atomic E-state index is -0.734. The van der Waals surface area contributed by atoms with Crippen molar-refractivity contribution >= 4 is 5.97 Å². The molecule has 1 aromatic heterocycles. The fourth-order valence-electron chi connectivity index (χ4n) is 2.36. The zero-order valence-corrected chi connectivity index (χ0v) is 10.6. The summed E-state index contributed by atoms with van der Waals surface area (Å²) in [7, 11) is 1.66. The lowest BCUT2D eigenvalue weighted by molar-refractivity contribution is -0.142. The topological polar surface area (TPSA) is 67.6 Å². The second-order valence-electron chi connectivity index (χ2n) is 4.50. The number of imidazole rings is 1. The summed E-state index contributed by atoms with van der Waals surface area (Å²) in [5.41, 5.74) is 0. The van der Waals surface area contributed by atoms with Crippen molar-refractivity contribution in [3.05, 3.63) is 18.2 Å². The summed E-state index contributed by atoms with van der Waals surface area (Å²) in [4.78, 5) is 17.4.